The average Bonchev–Trinajstić information content (AvgIpc) is 3.17. The van der Waals surface area contributed by atoms with Gasteiger partial charge in [-0.3, -0.25) is 9.59 Å². The molecule has 16 heteroatoms. The van der Waals surface area contributed by atoms with Gasteiger partial charge in [0.2, 0.25) is 0 Å². The fourth-order valence-electron chi connectivity index (χ4n) is 9.71. The lowest BCUT2D eigenvalue weighted by Crippen LogP contribution is -2.81. The van der Waals surface area contributed by atoms with Gasteiger partial charge in [-0.2, -0.15) is 0 Å². The minimum atomic E-state index is -2.38. The number of carbonyl (C=O) groups excluding carboxylic acids is 5. The van der Waals surface area contributed by atoms with Crippen LogP contribution < -0.4 is 10.1 Å². The van der Waals surface area contributed by atoms with Gasteiger partial charge in [0.05, 0.1) is 42.8 Å². The summed E-state index contributed by atoms with van der Waals surface area (Å²) in [5.41, 5.74) is -8.34. The summed E-state index contributed by atoms with van der Waals surface area (Å²) in [6, 6.07) is 12.6. The summed E-state index contributed by atoms with van der Waals surface area (Å²) in [5, 5.41) is 51.7. The van der Waals surface area contributed by atoms with Crippen molar-refractivity contribution in [2.45, 2.75) is 128 Å². The lowest BCUT2D eigenvalue weighted by atomic mass is 9.44. The maximum absolute atomic E-state index is 15.0. The molecule has 1 amide bonds. The first-order valence-electron chi connectivity index (χ1n) is 19.9. The van der Waals surface area contributed by atoms with E-state index in [4.69, 9.17) is 28.4 Å². The molecule has 11 atom stereocenters. The SMILES string of the molecule is COc1ccc(C(=O)O[C@H]2[C@@H]3[C@]4(OC(C)=O)CO[C@@H]4C[C@H](O)[C@@]3(C)C(=O)[C@H](O)C3=C(C)[C@@H](OC(=O)[C@H](O)[C@@H](NC(=O)OC(C)(C)C)c4ccccc4)C[C@]2(O)C3(C)C)cc1. The summed E-state index contributed by atoms with van der Waals surface area (Å²) in [7, 11) is 1.45. The first-order chi connectivity index (χ1) is 27.9. The van der Waals surface area contributed by atoms with Crippen LogP contribution in [0.1, 0.15) is 90.2 Å². The molecule has 2 saturated carbocycles. The Kier molecular flexibility index (Phi) is 11.8. The number of benzene rings is 2. The van der Waals surface area contributed by atoms with E-state index in [0.717, 1.165) is 6.92 Å². The smallest absolute Gasteiger partial charge is 0.408 e. The van der Waals surface area contributed by atoms with Crippen molar-refractivity contribution in [3.8, 4) is 5.75 Å². The van der Waals surface area contributed by atoms with E-state index in [1.165, 1.54) is 59.1 Å². The molecule has 60 heavy (non-hydrogen) atoms. The predicted octanol–water partition coefficient (Wildman–Crippen LogP) is 3.27. The van der Waals surface area contributed by atoms with Crippen molar-refractivity contribution < 1.29 is 72.8 Å². The highest BCUT2D eigenvalue weighted by Gasteiger charge is 2.78. The monoisotopic (exact) mass is 837 g/mol. The van der Waals surface area contributed by atoms with E-state index in [-0.39, 0.29) is 29.7 Å². The summed E-state index contributed by atoms with van der Waals surface area (Å²) in [6.45, 7) is 11.7. The second-order valence-electron chi connectivity index (χ2n) is 17.9. The van der Waals surface area contributed by atoms with Crippen molar-refractivity contribution in [3.05, 3.63) is 76.9 Å². The first-order valence-corrected chi connectivity index (χ1v) is 19.9. The molecule has 1 saturated heterocycles. The van der Waals surface area contributed by atoms with E-state index in [1.54, 1.807) is 51.1 Å². The second-order valence-corrected chi connectivity index (χ2v) is 17.9. The van der Waals surface area contributed by atoms with E-state index in [2.05, 4.69) is 5.32 Å². The highest BCUT2D eigenvalue weighted by atomic mass is 16.6. The van der Waals surface area contributed by atoms with Gasteiger partial charge in [0.15, 0.2) is 17.5 Å². The highest BCUT2D eigenvalue weighted by Crippen LogP contribution is 2.64. The van der Waals surface area contributed by atoms with Crippen LogP contribution >= 0.6 is 0 Å². The molecule has 1 heterocycles. The topological polar surface area (TPSA) is 234 Å². The van der Waals surface area contributed by atoms with Gasteiger partial charge in [0.25, 0.3) is 0 Å². The molecule has 0 spiro atoms. The lowest BCUT2D eigenvalue weighted by molar-refractivity contribution is -0.346. The first kappa shape index (κ1) is 44.7. The minimum absolute atomic E-state index is 0.0185. The van der Waals surface area contributed by atoms with Crippen LogP contribution in [0.15, 0.2) is 65.7 Å². The molecule has 0 unspecified atom stereocenters. The molecule has 3 aliphatic carbocycles. The minimum Gasteiger partial charge on any atom is -0.497 e. The standard InChI is InChI=1S/C44H55NO15/c1-22-27(57-38(52)33(49)31(24-13-11-10-12-14-24)45-39(53)60-40(3,4)5)20-44(54)36(58-37(51)25-15-17-26(55-9)18-16-25)34-42(8,35(50)32(48)30(22)41(44,6)7)28(47)19-29-43(34,21-56-29)59-23(2)46/h10-18,27-29,31-34,36,47-49,54H,19-21H2,1-9H3,(H,45,53)/t27-,28-,29+,31-,32+,33+,34-,36-,42+,43-,44+/m0/s1. The number of fused-ring (bicyclic) bond motifs is 5. The third kappa shape index (κ3) is 7.46. The Morgan fingerprint density at radius 3 is 2.15 bits per heavy atom. The predicted molar refractivity (Wildman–Crippen MR) is 210 cm³/mol. The fourth-order valence-corrected chi connectivity index (χ4v) is 9.71. The van der Waals surface area contributed by atoms with Crippen molar-refractivity contribution in [1.29, 1.82) is 0 Å². The molecule has 2 aromatic rings. The number of rotatable bonds is 9. The van der Waals surface area contributed by atoms with Crippen molar-refractivity contribution >= 4 is 29.8 Å². The Morgan fingerprint density at radius 2 is 1.60 bits per heavy atom. The molecule has 2 bridgehead atoms. The number of esters is 3. The molecule has 5 N–H and O–H groups in total. The van der Waals surface area contributed by atoms with Crippen LogP contribution in [0.25, 0.3) is 0 Å². The zero-order valence-corrected chi connectivity index (χ0v) is 35.2. The number of ether oxygens (including phenoxy) is 6. The normalized spacial score (nSPS) is 32.9. The molecular weight excluding hydrogens is 782 g/mol. The van der Waals surface area contributed by atoms with Gasteiger partial charge in [0, 0.05) is 25.2 Å². The van der Waals surface area contributed by atoms with Gasteiger partial charge in [-0.25, -0.2) is 14.4 Å². The zero-order chi connectivity index (χ0) is 44.3. The number of alkyl carbamates (subject to hydrolysis) is 1. The van der Waals surface area contributed by atoms with Crippen LogP contribution in [0, 0.1) is 16.7 Å². The number of nitrogens with one attached hydrogen (secondary N) is 1. The molecule has 326 valence electrons. The summed E-state index contributed by atoms with van der Waals surface area (Å²) in [4.78, 5) is 69.2. The second kappa shape index (κ2) is 15.9. The number of carbonyl (C=O) groups is 5. The summed E-state index contributed by atoms with van der Waals surface area (Å²) >= 11 is 0. The van der Waals surface area contributed by atoms with E-state index < -0.39 is 112 Å². The molecule has 4 aliphatic rings. The number of hydrogen-bond acceptors (Lipinski definition) is 15. The van der Waals surface area contributed by atoms with Gasteiger partial charge >= 0.3 is 24.0 Å². The maximum Gasteiger partial charge on any atom is 0.408 e. The summed E-state index contributed by atoms with van der Waals surface area (Å²) < 4.78 is 34.8. The number of hydrogen-bond donors (Lipinski definition) is 5. The molecule has 0 aromatic heterocycles. The number of methoxy groups -OCH3 is 1. The van der Waals surface area contributed by atoms with E-state index in [0.29, 0.717) is 11.3 Å². The molecule has 16 nitrogen and oxygen atoms in total. The number of aliphatic hydroxyl groups excluding tert-OH is 3. The van der Waals surface area contributed by atoms with Crippen LogP contribution in [-0.4, -0.2) is 117 Å². The fraction of sp³-hybridized carbons (Fsp3) is 0.568. The average molecular weight is 838 g/mol. The van der Waals surface area contributed by atoms with Crippen LogP contribution in [0.5, 0.6) is 5.75 Å². The Morgan fingerprint density at radius 1 is 0.967 bits per heavy atom. The molecule has 0 radical (unpaired) electrons. The molecular formula is C44H55NO15. The third-order valence-corrected chi connectivity index (χ3v) is 12.9. The third-order valence-electron chi connectivity index (χ3n) is 12.9. The summed E-state index contributed by atoms with van der Waals surface area (Å²) in [5.74, 6) is -5.04. The number of Topliss-reactive ketones (excluding diaryl/α,β-unsaturated/α-hetero) is 1. The highest BCUT2D eigenvalue weighted by molar-refractivity contribution is 5.94. The van der Waals surface area contributed by atoms with Gasteiger partial charge in [-0.1, -0.05) is 44.2 Å². The van der Waals surface area contributed by atoms with Crippen molar-refractivity contribution in [2.24, 2.45) is 16.7 Å². The molecule has 2 aromatic carbocycles. The van der Waals surface area contributed by atoms with Gasteiger partial charge in [-0.05, 0) is 75.6 Å². The van der Waals surface area contributed by atoms with Crippen molar-refractivity contribution in [1.82, 2.24) is 5.32 Å². The van der Waals surface area contributed by atoms with E-state index in [9.17, 15) is 39.6 Å². The van der Waals surface area contributed by atoms with Crippen molar-refractivity contribution in [3.63, 3.8) is 0 Å². The molecule has 6 rings (SSSR count). The Hall–Kier alpha value is -4.87. The maximum atomic E-state index is 15.0. The zero-order valence-electron chi connectivity index (χ0n) is 35.2. The van der Waals surface area contributed by atoms with E-state index in [1.807, 2.05) is 0 Å². The Bertz CT molecular complexity index is 2040. The number of ketones is 1. The quantitative estimate of drug-likeness (QED) is 0.139. The summed E-state index contributed by atoms with van der Waals surface area (Å²) in [6.07, 6.45) is -11.6. The van der Waals surface area contributed by atoms with Crippen molar-refractivity contribution in [2.75, 3.05) is 13.7 Å². The Balaban J connectivity index is 1.49. The van der Waals surface area contributed by atoms with Gasteiger partial charge < -0.3 is 54.2 Å². The van der Waals surface area contributed by atoms with Gasteiger partial charge in [-0.15, -0.1) is 0 Å². The van der Waals surface area contributed by atoms with Crippen LogP contribution in [0.2, 0.25) is 0 Å². The van der Waals surface area contributed by atoms with E-state index >= 15 is 4.79 Å². The molecule has 1 aliphatic heterocycles. The van der Waals surface area contributed by atoms with Crippen LogP contribution in [0.4, 0.5) is 4.79 Å². The molecule has 3 fully saturated rings. The largest absolute Gasteiger partial charge is 0.497 e. The number of amides is 1. The number of aliphatic hydroxyl groups is 4. The van der Waals surface area contributed by atoms with Gasteiger partial charge in [0.1, 0.15) is 41.4 Å². The Labute approximate surface area is 348 Å². The van der Waals surface area contributed by atoms with Crippen LogP contribution in [-0.2, 0) is 38.1 Å². The van der Waals surface area contributed by atoms with Crippen LogP contribution in [0.3, 0.4) is 0 Å². The lowest BCUT2D eigenvalue weighted by Gasteiger charge is -2.67.